The number of likely N-dealkylation sites (tertiary alicyclic amines) is 1. The molecule has 0 unspecified atom stereocenters. The number of aliphatic carboxylic acids is 1. The molecule has 2 aromatic heterocycles. The molecule has 2 saturated heterocycles. The van der Waals surface area contributed by atoms with Crippen LogP contribution in [0.5, 0.6) is 5.75 Å². The van der Waals surface area contributed by atoms with Crippen LogP contribution in [0.3, 0.4) is 0 Å². The second kappa shape index (κ2) is 9.98. The zero-order chi connectivity index (χ0) is 25.1. The Hall–Kier alpha value is -3.92. The first-order valence-corrected chi connectivity index (χ1v) is 12.1. The molecule has 0 bridgehead atoms. The van der Waals surface area contributed by atoms with E-state index in [2.05, 4.69) is 30.3 Å². The lowest BCUT2D eigenvalue weighted by Gasteiger charge is -2.40. The number of carboxylic acid groups (broad SMARTS) is 1. The SMILES string of the molecule is COc1cc(N2CCC3(CCN(CC(=O)O)C3)CC2)ccc1NC(=O)c1cccc(-c2ccn[nH]2)n1. The van der Waals surface area contributed by atoms with E-state index in [1.165, 1.54) is 0 Å². The highest BCUT2D eigenvalue weighted by atomic mass is 16.5. The van der Waals surface area contributed by atoms with Gasteiger partial charge in [-0.05, 0) is 61.6 Å². The highest BCUT2D eigenvalue weighted by Crippen LogP contribution is 2.42. The van der Waals surface area contributed by atoms with Crippen LogP contribution in [-0.2, 0) is 4.79 Å². The Kier molecular flexibility index (Phi) is 6.60. The van der Waals surface area contributed by atoms with E-state index in [-0.39, 0.29) is 17.9 Å². The molecule has 1 spiro atoms. The number of aromatic amines is 1. The van der Waals surface area contributed by atoms with Crippen molar-refractivity contribution in [3.63, 3.8) is 0 Å². The van der Waals surface area contributed by atoms with Crippen LogP contribution in [0.15, 0.2) is 48.7 Å². The number of H-pyrrole nitrogens is 1. The number of carbonyl (C=O) groups excluding carboxylic acids is 1. The fourth-order valence-electron chi connectivity index (χ4n) is 5.28. The molecule has 5 rings (SSSR count). The first-order valence-electron chi connectivity index (χ1n) is 12.1. The van der Waals surface area contributed by atoms with Crippen molar-refractivity contribution in [1.82, 2.24) is 20.1 Å². The minimum absolute atomic E-state index is 0.124. The minimum Gasteiger partial charge on any atom is -0.494 e. The van der Waals surface area contributed by atoms with Gasteiger partial charge in [-0.1, -0.05) is 6.07 Å². The second-order valence-electron chi connectivity index (χ2n) is 9.56. The summed E-state index contributed by atoms with van der Waals surface area (Å²) in [6.07, 6.45) is 4.75. The van der Waals surface area contributed by atoms with Gasteiger partial charge in [0.1, 0.15) is 11.4 Å². The van der Waals surface area contributed by atoms with Gasteiger partial charge in [0.2, 0.25) is 0 Å². The number of rotatable bonds is 7. The Labute approximate surface area is 209 Å². The molecule has 2 aliphatic heterocycles. The average Bonchev–Trinajstić information content (AvgIpc) is 3.55. The van der Waals surface area contributed by atoms with Gasteiger partial charge in [-0.3, -0.25) is 19.6 Å². The third-order valence-corrected chi connectivity index (χ3v) is 7.26. The Bertz CT molecular complexity index is 1240. The lowest BCUT2D eigenvalue weighted by Crippen LogP contribution is -2.42. The first-order chi connectivity index (χ1) is 17.4. The van der Waals surface area contributed by atoms with Crippen LogP contribution in [0.2, 0.25) is 0 Å². The predicted molar refractivity (Wildman–Crippen MR) is 135 cm³/mol. The summed E-state index contributed by atoms with van der Waals surface area (Å²) in [6, 6.07) is 12.9. The third-order valence-electron chi connectivity index (χ3n) is 7.26. The van der Waals surface area contributed by atoms with Crippen LogP contribution >= 0.6 is 0 Å². The maximum absolute atomic E-state index is 12.9. The standard InChI is InChI=1S/C26H30N6O4/c1-36-23-15-18(32-13-9-26(10-14-32)8-12-31(17-26)16-24(33)34)5-6-21(23)29-25(35)22-4-2-3-19(28-22)20-7-11-27-30-20/h2-7,11,15H,8-10,12-14,16-17H2,1H3,(H,27,30)(H,29,35)(H,33,34). The van der Waals surface area contributed by atoms with Crippen LogP contribution in [0, 0.1) is 5.41 Å². The summed E-state index contributed by atoms with van der Waals surface area (Å²) in [5.74, 6) is -0.501. The number of anilines is 2. The quantitative estimate of drug-likeness (QED) is 0.462. The Morgan fingerprint density at radius 1 is 1.14 bits per heavy atom. The number of carbonyl (C=O) groups is 2. The van der Waals surface area contributed by atoms with Crippen molar-refractivity contribution in [3.8, 4) is 17.1 Å². The van der Waals surface area contributed by atoms with E-state index in [1.807, 2.05) is 24.3 Å². The number of hydrogen-bond acceptors (Lipinski definition) is 7. The van der Waals surface area contributed by atoms with Crippen molar-refractivity contribution >= 4 is 23.3 Å². The number of aromatic nitrogens is 3. The maximum Gasteiger partial charge on any atom is 0.317 e. The van der Waals surface area contributed by atoms with Gasteiger partial charge in [-0.15, -0.1) is 0 Å². The number of pyridine rings is 1. The summed E-state index contributed by atoms with van der Waals surface area (Å²) in [6.45, 7) is 3.64. The normalized spacial score (nSPS) is 17.3. The van der Waals surface area contributed by atoms with E-state index < -0.39 is 5.97 Å². The van der Waals surface area contributed by atoms with Crippen molar-refractivity contribution in [2.75, 3.05) is 50.1 Å². The summed E-state index contributed by atoms with van der Waals surface area (Å²) in [5, 5.41) is 18.8. The number of ether oxygens (including phenoxy) is 1. The van der Waals surface area contributed by atoms with Crippen LogP contribution in [0.25, 0.3) is 11.4 Å². The fraction of sp³-hybridized carbons (Fsp3) is 0.385. The Morgan fingerprint density at radius 3 is 2.67 bits per heavy atom. The maximum atomic E-state index is 12.9. The van der Waals surface area contributed by atoms with Gasteiger partial charge in [0.25, 0.3) is 5.91 Å². The van der Waals surface area contributed by atoms with Crippen molar-refractivity contribution in [2.45, 2.75) is 19.3 Å². The molecule has 2 aliphatic rings. The van der Waals surface area contributed by atoms with E-state index in [9.17, 15) is 9.59 Å². The van der Waals surface area contributed by atoms with Crippen LogP contribution in [-0.4, -0.2) is 76.9 Å². The van der Waals surface area contributed by atoms with Crippen molar-refractivity contribution in [1.29, 1.82) is 0 Å². The van der Waals surface area contributed by atoms with Gasteiger partial charge < -0.3 is 20.1 Å². The number of nitrogens with one attached hydrogen (secondary N) is 2. The zero-order valence-corrected chi connectivity index (χ0v) is 20.2. The molecule has 0 saturated carbocycles. The average molecular weight is 491 g/mol. The smallest absolute Gasteiger partial charge is 0.317 e. The van der Waals surface area contributed by atoms with Gasteiger partial charge in [0, 0.05) is 37.6 Å². The lowest BCUT2D eigenvalue weighted by atomic mass is 9.77. The van der Waals surface area contributed by atoms with E-state index in [1.54, 1.807) is 31.5 Å². The molecule has 1 amide bonds. The summed E-state index contributed by atoms with van der Waals surface area (Å²) in [4.78, 5) is 32.8. The van der Waals surface area contributed by atoms with Gasteiger partial charge in [-0.2, -0.15) is 5.10 Å². The molecule has 1 aromatic carbocycles. The molecule has 3 N–H and O–H groups in total. The van der Waals surface area contributed by atoms with Gasteiger partial charge in [0.05, 0.1) is 30.7 Å². The van der Waals surface area contributed by atoms with Crippen molar-refractivity contribution < 1.29 is 19.4 Å². The Morgan fingerprint density at radius 2 is 1.94 bits per heavy atom. The molecular weight excluding hydrogens is 460 g/mol. The zero-order valence-electron chi connectivity index (χ0n) is 20.2. The molecule has 0 atom stereocenters. The molecule has 0 radical (unpaired) electrons. The summed E-state index contributed by atoms with van der Waals surface area (Å²) >= 11 is 0. The minimum atomic E-state index is -0.759. The highest BCUT2D eigenvalue weighted by Gasteiger charge is 2.41. The highest BCUT2D eigenvalue weighted by molar-refractivity contribution is 6.04. The molecule has 10 nitrogen and oxygen atoms in total. The monoisotopic (exact) mass is 490 g/mol. The molecule has 36 heavy (non-hydrogen) atoms. The van der Waals surface area contributed by atoms with E-state index in [0.717, 1.165) is 56.8 Å². The predicted octanol–water partition coefficient (Wildman–Crippen LogP) is 3.11. The number of benzene rings is 1. The van der Waals surface area contributed by atoms with Crippen LogP contribution in [0.1, 0.15) is 29.8 Å². The van der Waals surface area contributed by atoms with Crippen LogP contribution in [0.4, 0.5) is 11.4 Å². The number of nitrogens with zero attached hydrogens (tertiary/aromatic N) is 4. The van der Waals surface area contributed by atoms with Crippen molar-refractivity contribution in [3.05, 3.63) is 54.4 Å². The lowest BCUT2D eigenvalue weighted by molar-refractivity contribution is -0.138. The topological polar surface area (TPSA) is 124 Å². The summed E-state index contributed by atoms with van der Waals surface area (Å²) in [5.41, 5.74) is 3.50. The molecule has 10 heteroatoms. The number of hydrogen-bond donors (Lipinski definition) is 3. The first kappa shape index (κ1) is 23.8. The molecule has 2 fully saturated rings. The molecular formula is C26H30N6O4. The number of methoxy groups -OCH3 is 1. The second-order valence-corrected chi connectivity index (χ2v) is 9.56. The van der Waals surface area contributed by atoms with Gasteiger partial charge >= 0.3 is 5.97 Å². The van der Waals surface area contributed by atoms with Gasteiger partial charge in [0.15, 0.2) is 0 Å². The number of carboxylic acids is 1. The molecule has 188 valence electrons. The van der Waals surface area contributed by atoms with E-state index >= 15 is 0 Å². The largest absolute Gasteiger partial charge is 0.494 e. The molecule has 0 aliphatic carbocycles. The summed E-state index contributed by atoms with van der Waals surface area (Å²) < 4.78 is 5.60. The van der Waals surface area contributed by atoms with Crippen LogP contribution < -0.4 is 15.0 Å². The molecule has 3 aromatic rings. The van der Waals surface area contributed by atoms with Crippen molar-refractivity contribution in [2.24, 2.45) is 5.41 Å². The van der Waals surface area contributed by atoms with Gasteiger partial charge in [-0.25, -0.2) is 4.98 Å². The third kappa shape index (κ3) is 5.03. The summed E-state index contributed by atoms with van der Waals surface area (Å²) in [7, 11) is 1.59. The van der Waals surface area contributed by atoms with E-state index in [0.29, 0.717) is 22.8 Å². The number of piperidine rings is 1. The fourth-order valence-corrected chi connectivity index (χ4v) is 5.28. The number of amides is 1. The molecule has 4 heterocycles. The van der Waals surface area contributed by atoms with E-state index in [4.69, 9.17) is 9.84 Å². The Balaban J connectivity index is 1.24.